The van der Waals surface area contributed by atoms with Crippen molar-refractivity contribution in [2.24, 2.45) is 7.05 Å². The van der Waals surface area contributed by atoms with Crippen LogP contribution in [-0.4, -0.2) is 9.78 Å². The van der Waals surface area contributed by atoms with Gasteiger partial charge in [-0.3, -0.25) is 4.68 Å². The van der Waals surface area contributed by atoms with Gasteiger partial charge in [-0.2, -0.15) is 5.10 Å². The van der Waals surface area contributed by atoms with E-state index in [0.29, 0.717) is 11.4 Å². The Morgan fingerprint density at radius 3 is 2.56 bits per heavy atom. The largest absolute Gasteiger partial charge is 0.383 e. The van der Waals surface area contributed by atoms with Crippen LogP contribution in [0.5, 0.6) is 0 Å². The van der Waals surface area contributed by atoms with Crippen molar-refractivity contribution in [3.8, 4) is 11.1 Å². The maximum atomic E-state index is 13.7. The molecule has 6 heteroatoms. The molecule has 1 heterocycles. The second kappa shape index (κ2) is 3.75. The molecule has 2 N–H and O–H groups in total. The normalized spacial score (nSPS) is 10.8. The molecule has 0 saturated carbocycles. The quantitative estimate of drug-likeness (QED) is 0.783. The first-order valence-electron chi connectivity index (χ1n) is 4.43. The van der Waals surface area contributed by atoms with E-state index in [4.69, 9.17) is 17.3 Å². The van der Waals surface area contributed by atoms with Gasteiger partial charge in [0.15, 0.2) is 5.82 Å². The number of halogens is 3. The molecule has 0 unspecified atom stereocenters. The standard InChI is InChI=1S/C10H8ClF2N3/c1-16-10(14)6(4-15-16)5-2-3-7(12)8(11)9(5)13/h2-4H,14H2,1H3. The van der Waals surface area contributed by atoms with Crippen LogP contribution in [0, 0.1) is 11.6 Å². The first-order valence-corrected chi connectivity index (χ1v) is 4.81. The number of hydrogen-bond donors (Lipinski definition) is 1. The van der Waals surface area contributed by atoms with Gasteiger partial charge < -0.3 is 5.73 Å². The summed E-state index contributed by atoms with van der Waals surface area (Å²) in [5, 5.41) is 3.33. The Hall–Kier alpha value is -1.62. The van der Waals surface area contributed by atoms with Gasteiger partial charge in [-0.1, -0.05) is 11.6 Å². The molecule has 0 amide bonds. The Morgan fingerprint density at radius 1 is 1.31 bits per heavy atom. The zero-order valence-electron chi connectivity index (χ0n) is 8.34. The van der Waals surface area contributed by atoms with Crippen molar-refractivity contribution in [1.82, 2.24) is 9.78 Å². The summed E-state index contributed by atoms with van der Waals surface area (Å²) in [6.07, 6.45) is 1.40. The fourth-order valence-electron chi connectivity index (χ4n) is 1.39. The van der Waals surface area contributed by atoms with E-state index in [1.807, 2.05) is 0 Å². The van der Waals surface area contributed by atoms with Crippen LogP contribution in [0.1, 0.15) is 0 Å². The maximum absolute atomic E-state index is 13.7. The predicted molar refractivity (Wildman–Crippen MR) is 58.0 cm³/mol. The lowest BCUT2D eigenvalue weighted by atomic mass is 10.1. The van der Waals surface area contributed by atoms with Gasteiger partial charge >= 0.3 is 0 Å². The van der Waals surface area contributed by atoms with Crippen molar-refractivity contribution >= 4 is 17.4 Å². The molecular weight excluding hydrogens is 236 g/mol. The summed E-state index contributed by atoms with van der Waals surface area (Å²) in [7, 11) is 1.63. The third kappa shape index (κ3) is 1.53. The summed E-state index contributed by atoms with van der Waals surface area (Å²) in [4.78, 5) is 0. The molecule has 0 fully saturated rings. The monoisotopic (exact) mass is 243 g/mol. The molecule has 1 aromatic carbocycles. The van der Waals surface area contributed by atoms with Crippen LogP contribution in [0.15, 0.2) is 18.3 Å². The van der Waals surface area contributed by atoms with Crippen molar-refractivity contribution in [2.75, 3.05) is 5.73 Å². The van der Waals surface area contributed by atoms with Crippen LogP contribution in [0.25, 0.3) is 11.1 Å². The first kappa shape index (κ1) is 10.9. The smallest absolute Gasteiger partial charge is 0.152 e. The van der Waals surface area contributed by atoms with Gasteiger partial charge in [-0.25, -0.2) is 8.78 Å². The number of nitrogens with two attached hydrogens (primary N) is 1. The molecule has 0 aliphatic heterocycles. The number of aryl methyl sites for hydroxylation is 1. The minimum Gasteiger partial charge on any atom is -0.383 e. The molecular formula is C10H8ClF2N3. The Balaban J connectivity index is 2.66. The number of aromatic nitrogens is 2. The van der Waals surface area contributed by atoms with Crippen LogP contribution < -0.4 is 5.73 Å². The van der Waals surface area contributed by atoms with Crippen LogP contribution in [0.3, 0.4) is 0 Å². The average Bonchev–Trinajstić information content (AvgIpc) is 2.58. The van der Waals surface area contributed by atoms with E-state index in [2.05, 4.69) is 5.10 Å². The molecule has 0 bridgehead atoms. The summed E-state index contributed by atoms with van der Waals surface area (Å²) >= 11 is 5.47. The summed E-state index contributed by atoms with van der Waals surface area (Å²) in [5.41, 5.74) is 6.22. The van der Waals surface area contributed by atoms with Crippen LogP contribution in [0.2, 0.25) is 5.02 Å². The Bertz CT molecular complexity index is 551. The Morgan fingerprint density at radius 2 is 2.00 bits per heavy atom. The lowest BCUT2D eigenvalue weighted by Crippen LogP contribution is -1.99. The molecule has 3 nitrogen and oxygen atoms in total. The van der Waals surface area contributed by atoms with Crippen molar-refractivity contribution in [3.05, 3.63) is 35.0 Å². The van der Waals surface area contributed by atoms with Crippen molar-refractivity contribution < 1.29 is 8.78 Å². The van der Waals surface area contributed by atoms with Gasteiger partial charge in [0.05, 0.1) is 6.20 Å². The van der Waals surface area contributed by atoms with Gasteiger partial charge in [0.2, 0.25) is 0 Å². The number of benzene rings is 1. The number of hydrogen-bond acceptors (Lipinski definition) is 2. The summed E-state index contributed by atoms with van der Waals surface area (Å²) in [6, 6.07) is 2.37. The highest BCUT2D eigenvalue weighted by atomic mass is 35.5. The predicted octanol–water partition coefficient (Wildman–Crippen LogP) is 2.60. The number of anilines is 1. The summed E-state index contributed by atoms with van der Waals surface area (Å²) < 4.78 is 28.0. The van der Waals surface area contributed by atoms with Gasteiger partial charge in [0, 0.05) is 18.2 Å². The minimum absolute atomic E-state index is 0.136. The lowest BCUT2D eigenvalue weighted by Gasteiger charge is -2.04. The molecule has 0 atom stereocenters. The number of nitrogen functional groups attached to an aromatic ring is 1. The highest BCUT2D eigenvalue weighted by molar-refractivity contribution is 6.31. The van der Waals surface area contributed by atoms with E-state index in [9.17, 15) is 8.78 Å². The Labute approximate surface area is 95.4 Å². The Kier molecular flexibility index (Phi) is 2.55. The van der Waals surface area contributed by atoms with Crippen LogP contribution >= 0.6 is 11.6 Å². The SMILES string of the molecule is Cn1ncc(-c2ccc(F)c(Cl)c2F)c1N. The van der Waals surface area contributed by atoms with Gasteiger partial charge in [0.25, 0.3) is 0 Å². The van der Waals surface area contributed by atoms with E-state index in [1.54, 1.807) is 7.05 Å². The zero-order chi connectivity index (χ0) is 11.9. The number of rotatable bonds is 1. The van der Waals surface area contributed by atoms with E-state index < -0.39 is 16.7 Å². The van der Waals surface area contributed by atoms with Crippen molar-refractivity contribution in [3.63, 3.8) is 0 Å². The highest BCUT2D eigenvalue weighted by Gasteiger charge is 2.16. The molecule has 1 aromatic heterocycles. The minimum atomic E-state index is -0.832. The molecule has 2 rings (SSSR count). The first-order chi connectivity index (χ1) is 7.52. The molecule has 84 valence electrons. The van der Waals surface area contributed by atoms with E-state index in [0.717, 1.165) is 6.07 Å². The van der Waals surface area contributed by atoms with Gasteiger partial charge in [-0.15, -0.1) is 0 Å². The average molecular weight is 244 g/mol. The van der Waals surface area contributed by atoms with Gasteiger partial charge in [0.1, 0.15) is 16.7 Å². The van der Waals surface area contributed by atoms with E-state index in [1.165, 1.54) is 16.9 Å². The van der Waals surface area contributed by atoms with Crippen molar-refractivity contribution in [2.45, 2.75) is 0 Å². The van der Waals surface area contributed by atoms with Gasteiger partial charge in [-0.05, 0) is 12.1 Å². The third-order valence-electron chi connectivity index (χ3n) is 2.31. The highest BCUT2D eigenvalue weighted by Crippen LogP contribution is 2.32. The maximum Gasteiger partial charge on any atom is 0.152 e. The molecule has 0 spiro atoms. The fraction of sp³-hybridized carbons (Fsp3) is 0.100. The van der Waals surface area contributed by atoms with E-state index in [-0.39, 0.29) is 5.56 Å². The second-order valence-electron chi connectivity index (χ2n) is 3.29. The molecule has 0 radical (unpaired) electrons. The zero-order valence-corrected chi connectivity index (χ0v) is 9.09. The molecule has 0 aliphatic carbocycles. The lowest BCUT2D eigenvalue weighted by molar-refractivity contribution is 0.586. The molecule has 0 aliphatic rings. The summed E-state index contributed by atoms with van der Waals surface area (Å²) in [6.45, 7) is 0. The van der Waals surface area contributed by atoms with E-state index >= 15 is 0 Å². The van der Waals surface area contributed by atoms with Crippen LogP contribution in [0.4, 0.5) is 14.6 Å². The number of nitrogens with zero attached hydrogens (tertiary/aromatic N) is 2. The van der Waals surface area contributed by atoms with Crippen molar-refractivity contribution in [1.29, 1.82) is 0 Å². The molecule has 16 heavy (non-hydrogen) atoms. The molecule has 2 aromatic rings. The third-order valence-corrected chi connectivity index (χ3v) is 2.66. The second-order valence-corrected chi connectivity index (χ2v) is 3.67. The summed E-state index contributed by atoms with van der Waals surface area (Å²) in [5.74, 6) is -1.34. The fourth-order valence-corrected chi connectivity index (χ4v) is 1.55. The topological polar surface area (TPSA) is 43.8 Å². The van der Waals surface area contributed by atoms with Crippen LogP contribution in [-0.2, 0) is 7.05 Å². The molecule has 0 saturated heterocycles.